The molecule has 2 nitrogen and oxygen atoms in total. The van der Waals surface area contributed by atoms with E-state index in [1.807, 2.05) is 6.07 Å². The Bertz CT molecular complexity index is 348. The van der Waals surface area contributed by atoms with Crippen LogP contribution in [0.2, 0.25) is 0 Å². The first-order chi connectivity index (χ1) is 8.25. The number of rotatable bonds is 4. The van der Waals surface area contributed by atoms with Crippen molar-refractivity contribution in [1.82, 2.24) is 10.6 Å². The maximum Gasteiger partial charge on any atom is 0.123 e. The van der Waals surface area contributed by atoms with Crippen LogP contribution in [0.15, 0.2) is 24.3 Å². The van der Waals surface area contributed by atoms with Crippen molar-refractivity contribution in [3.05, 3.63) is 35.6 Å². The summed E-state index contributed by atoms with van der Waals surface area (Å²) in [5.74, 6) is 0.219. The standard InChI is InChI=1S/C14H21FN2/c1-11(12-3-2-4-13(15)9-12)10-17-14-5-7-16-8-6-14/h2-4,9,11,14,16-17H,5-8,10H2,1H3. The quantitative estimate of drug-likeness (QED) is 0.838. The fraction of sp³-hybridized carbons (Fsp3) is 0.571. The van der Waals surface area contributed by atoms with E-state index in [1.165, 1.54) is 18.9 Å². The number of piperidine rings is 1. The highest BCUT2D eigenvalue weighted by Gasteiger charge is 2.14. The first kappa shape index (κ1) is 12.5. The molecule has 1 aliphatic heterocycles. The normalized spacial score (nSPS) is 19.2. The number of hydrogen-bond acceptors (Lipinski definition) is 2. The second-order valence-electron chi connectivity index (χ2n) is 4.89. The zero-order valence-electron chi connectivity index (χ0n) is 10.4. The first-order valence-corrected chi connectivity index (χ1v) is 6.45. The molecule has 0 aromatic heterocycles. The molecule has 2 N–H and O–H groups in total. The Labute approximate surface area is 103 Å². The van der Waals surface area contributed by atoms with Gasteiger partial charge in [-0.15, -0.1) is 0 Å². The lowest BCUT2D eigenvalue weighted by Crippen LogP contribution is -2.41. The highest BCUT2D eigenvalue weighted by atomic mass is 19.1. The zero-order chi connectivity index (χ0) is 12.1. The van der Waals surface area contributed by atoms with Crippen molar-refractivity contribution in [2.24, 2.45) is 0 Å². The zero-order valence-corrected chi connectivity index (χ0v) is 10.4. The van der Waals surface area contributed by atoms with Gasteiger partial charge < -0.3 is 10.6 Å². The molecule has 2 rings (SSSR count). The molecule has 3 heteroatoms. The number of hydrogen-bond donors (Lipinski definition) is 2. The SMILES string of the molecule is CC(CNC1CCNCC1)c1cccc(F)c1. The summed E-state index contributed by atoms with van der Waals surface area (Å²) in [6, 6.07) is 7.53. The van der Waals surface area contributed by atoms with Crippen molar-refractivity contribution >= 4 is 0 Å². The summed E-state index contributed by atoms with van der Waals surface area (Å²) >= 11 is 0. The number of halogens is 1. The Kier molecular flexibility index (Phi) is 4.51. The van der Waals surface area contributed by atoms with Gasteiger partial charge in [0, 0.05) is 12.6 Å². The van der Waals surface area contributed by atoms with Crippen LogP contribution in [-0.2, 0) is 0 Å². The van der Waals surface area contributed by atoms with E-state index in [9.17, 15) is 4.39 Å². The molecule has 1 fully saturated rings. The molecule has 1 unspecified atom stereocenters. The second kappa shape index (κ2) is 6.12. The molecule has 17 heavy (non-hydrogen) atoms. The van der Waals surface area contributed by atoms with E-state index in [4.69, 9.17) is 0 Å². The summed E-state index contributed by atoms with van der Waals surface area (Å²) in [6.07, 6.45) is 2.38. The van der Waals surface area contributed by atoms with Gasteiger partial charge in [-0.25, -0.2) is 4.39 Å². The van der Waals surface area contributed by atoms with Crippen molar-refractivity contribution < 1.29 is 4.39 Å². The molecule has 0 spiro atoms. The predicted octanol–water partition coefficient (Wildman–Crippen LogP) is 2.27. The molecule has 0 amide bonds. The minimum Gasteiger partial charge on any atom is -0.317 e. The molecule has 0 saturated carbocycles. The van der Waals surface area contributed by atoms with Crippen molar-refractivity contribution in [3.8, 4) is 0 Å². The van der Waals surface area contributed by atoms with E-state index in [-0.39, 0.29) is 5.82 Å². The fourth-order valence-electron chi connectivity index (χ4n) is 2.30. The lowest BCUT2D eigenvalue weighted by atomic mass is 9.99. The average molecular weight is 236 g/mol. The van der Waals surface area contributed by atoms with Crippen molar-refractivity contribution in [1.29, 1.82) is 0 Å². The van der Waals surface area contributed by atoms with Crippen LogP contribution < -0.4 is 10.6 Å². The Morgan fingerprint density at radius 2 is 2.18 bits per heavy atom. The van der Waals surface area contributed by atoms with E-state index in [0.717, 1.165) is 25.2 Å². The maximum atomic E-state index is 13.1. The molecule has 1 heterocycles. The van der Waals surface area contributed by atoms with Gasteiger partial charge in [-0.05, 0) is 49.5 Å². The van der Waals surface area contributed by atoms with Crippen LogP contribution in [0.4, 0.5) is 4.39 Å². The van der Waals surface area contributed by atoms with Crippen LogP contribution in [-0.4, -0.2) is 25.7 Å². The molecule has 0 radical (unpaired) electrons. The van der Waals surface area contributed by atoms with Crippen LogP contribution >= 0.6 is 0 Å². The molecule has 1 aromatic rings. The van der Waals surface area contributed by atoms with Crippen molar-refractivity contribution in [3.63, 3.8) is 0 Å². The van der Waals surface area contributed by atoms with Gasteiger partial charge in [-0.3, -0.25) is 0 Å². The van der Waals surface area contributed by atoms with E-state index in [1.54, 1.807) is 12.1 Å². The molecule has 0 bridgehead atoms. The minimum atomic E-state index is -0.142. The van der Waals surface area contributed by atoms with E-state index < -0.39 is 0 Å². The Balaban J connectivity index is 1.82. The maximum absolute atomic E-state index is 13.1. The van der Waals surface area contributed by atoms with Gasteiger partial charge in [0.25, 0.3) is 0 Å². The van der Waals surface area contributed by atoms with E-state index in [0.29, 0.717) is 12.0 Å². The lowest BCUT2D eigenvalue weighted by Gasteiger charge is -2.25. The summed E-state index contributed by atoms with van der Waals surface area (Å²) in [6.45, 7) is 5.27. The summed E-state index contributed by atoms with van der Waals surface area (Å²) in [5.41, 5.74) is 1.08. The Morgan fingerprint density at radius 3 is 2.88 bits per heavy atom. The smallest absolute Gasteiger partial charge is 0.123 e. The van der Waals surface area contributed by atoms with Crippen LogP contribution in [0, 0.1) is 5.82 Å². The van der Waals surface area contributed by atoms with Gasteiger partial charge in [0.2, 0.25) is 0 Å². The number of nitrogens with one attached hydrogen (secondary N) is 2. The third-order valence-corrected chi connectivity index (χ3v) is 3.47. The van der Waals surface area contributed by atoms with Crippen LogP contribution in [0.1, 0.15) is 31.2 Å². The average Bonchev–Trinajstić information content (AvgIpc) is 2.37. The van der Waals surface area contributed by atoms with Gasteiger partial charge in [0.05, 0.1) is 0 Å². The fourth-order valence-corrected chi connectivity index (χ4v) is 2.30. The molecule has 1 atom stereocenters. The summed E-state index contributed by atoms with van der Waals surface area (Å²) in [4.78, 5) is 0. The molecular weight excluding hydrogens is 215 g/mol. The summed E-state index contributed by atoms with van der Waals surface area (Å²) in [5, 5.41) is 6.93. The first-order valence-electron chi connectivity index (χ1n) is 6.45. The van der Waals surface area contributed by atoms with E-state index in [2.05, 4.69) is 17.6 Å². The molecule has 1 saturated heterocycles. The molecule has 1 aromatic carbocycles. The molecule has 94 valence electrons. The second-order valence-corrected chi connectivity index (χ2v) is 4.89. The Morgan fingerprint density at radius 1 is 1.41 bits per heavy atom. The lowest BCUT2D eigenvalue weighted by molar-refractivity contribution is 0.381. The molecule has 1 aliphatic rings. The highest BCUT2D eigenvalue weighted by Crippen LogP contribution is 2.16. The van der Waals surface area contributed by atoms with Gasteiger partial charge >= 0.3 is 0 Å². The van der Waals surface area contributed by atoms with Crippen LogP contribution in [0.3, 0.4) is 0 Å². The van der Waals surface area contributed by atoms with Crippen LogP contribution in [0.25, 0.3) is 0 Å². The van der Waals surface area contributed by atoms with Gasteiger partial charge in [0.1, 0.15) is 5.82 Å². The third kappa shape index (κ3) is 3.79. The largest absolute Gasteiger partial charge is 0.317 e. The predicted molar refractivity (Wildman–Crippen MR) is 68.7 cm³/mol. The number of benzene rings is 1. The third-order valence-electron chi connectivity index (χ3n) is 3.47. The van der Waals surface area contributed by atoms with E-state index >= 15 is 0 Å². The minimum absolute atomic E-state index is 0.142. The van der Waals surface area contributed by atoms with Gasteiger partial charge in [-0.1, -0.05) is 19.1 Å². The van der Waals surface area contributed by atoms with Crippen molar-refractivity contribution in [2.75, 3.05) is 19.6 Å². The van der Waals surface area contributed by atoms with Crippen LogP contribution in [0.5, 0.6) is 0 Å². The summed E-state index contributed by atoms with van der Waals surface area (Å²) in [7, 11) is 0. The highest BCUT2D eigenvalue weighted by molar-refractivity contribution is 5.20. The molecular formula is C14H21FN2. The summed E-state index contributed by atoms with van der Waals surface area (Å²) < 4.78 is 13.1. The van der Waals surface area contributed by atoms with Gasteiger partial charge in [-0.2, -0.15) is 0 Å². The Hall–Kier alpha value is -0.930. The monoisotopic (exact) mass is 236 g/mol. The van der Waals surface area contributed by atoms with Crippen molar-refractivity contribution in [2.45, 2.75) is 31.7 Å². The topological polar surface area (TPSA) is 24.1 Å². The molecule has 0 aliphatic carbocycles. The van der Waals surface area contributed by atoms with Gasteiger partial charge in [0.15, 0.2) is 0 Å².